The van der Waals surface area contributed by atoms with E-state index in [2.05, 4.69) is 46.1 Å². The first-order valence-corrected chi connectivity index (χ1v) is 8.39. The molecule has 0 bridgehead atoms. The molecule has 1 aliphatic heterocycles. The Kier molecular flexibility index (Phi) is 6.06. The van der Waals surface area contributed by atoms with Crippen LogP contribution in [0, 0.1) is 6.92 Å². The minimum Gasteiger partial charge on any atom is -0.384 e. The van der Waals surface area contributed by atoms with Crippen LogP contribution in [0.2, 0.25) is 0 Å². The second kappa shape index (κ2) is 7.80. The molecule has 0 radical (unpaired) electrons. The van der Waals surface area contributed by atoms with Gasteiger partial charge >= 0.3 is 0 Å². The summed E-state index contributed by atoms with van der Waals surface area (Å²) in [6, 6.07) is 6.14. The van der Waals surface area contributed by atoms with Gasteiger partial charge in [0.15, 0.2) is 0 Å². The average molecular weight is 354 g/mol. The molecular formula is C16H24BrN3O. The zero-order valence-corrected chi connectivity index (χ0v) is 14.4. The van der Waals surface area contributed by atoms with E-state index in [1.807, 2.05) is 17.0 Å². The number of piperazine rings is 1. The van der Waals surface area contributed by atoms with Crippen LogP contribution in [0.1, 0.15) is 18.9 Å². The summed E-state index contributed by atoms with van der Waals surface area (Å²) in [6.45, 7) is 9.74. The summed E-state index contributed by atoms with van der Waals surface area (Å²) >= 11 is 3.46. The number of anilines is 1. The molecule has 1 N–H and O–H groups in total. The first-order chi connectivity index (χ1) is 10.1. The molecule has 0 aliphatic carbocycles. The molecule has 5 heteroatoms. The van der Waals surface area contributed by atoms with Crippen LogP contribution in [0.5, 0.6) is 0 Å². The number of nitrogens with one attached hydrogen (secondary N) is 1. The van der Waals surface area contributed by atoms with Crippen molar-refractivity contribution in [3.8, 4) is 0 Å². The lowest BCUT2D eigenvalue weighted by molar-refractivity contribution is -0.132. The largest absolute Gasteiger partial charge is 0.384 e. The molecule has 4 nitrogen and oxygen atoms in total. The van der Waals surface area contributed by atoms with Gasteiger partial charge < -0.3 is 15.1 Å². The summed E-state index contributed by atoms with van der Waals surface area (Å²) in [5, 5.41) is 3.35. The van der Waals surface area contributed by atoms with E-state index in [0.29, 0.717) is 13.0 Å². The molecular weight excluding hydrogens is 330 g/mol. The summed E-state index contributed by atoms with van der Waals surface area (Å²) in [5.41, 5.74) is 2.29. The first kappa shape index (κ1) is 16.3. The number of hydrogen-bond acceptors (Lipinski definition) is 3. The lowest BCUT2D eigenvalue weighted by Gasteiger charge is -2.34. The van der Waals surface area contributed by atoms with E-state index in [1.54, 1.807) is 0 Å². The smallest absolute Gasteiger partial charge is 0.224 e. The molecule has 1 aliphatic rings. The van der Waals surface area contributed by atoms with E-state index in [0.717, 1.165) is 42.9 Å². The third kappa shape index (κ3) is 4.71. The lowest BCUT2D eigenvalue weighted by atomic mass is 10.2. The van der Waals surface area contributed by atoms with Crippen LogP contribution >= 0.6 is 15.9 Å². The highest BCUT2D eigenvalue weighted by Gasteiger charge is 2.19. The van der Waals surface area contributed by atoms with Gasteiger partial charge in [0.25, 0.3) is 0 Å². The SMILES string of the molecule is CCN1CCN(C(=O)CCNc2ccc(Br)cc2C)CC1. The number of carbonyl (C=O) groups excluding carboxylic acids is 1. The van der Waals surface area contributed by atoms with Crippen LogP contribution in [0.4, 0.5) is 5.69 Å². The second-order valence-electron chi connectivity index (χ2n) is 5.45. The molecule has 116 valence electrons. The fourth-order valence-electron chi connectivity index (χ4n) is 2.60. The number of likely N-dealkylation sites (N-methyl/N-ethyl adjacent to an activating group) is 1. The highest BCUT2D eigenvalue weighted by atomic mass is 79.9. The molecule has 1 amide bonds. The first-order valence-electron chi connectivity index (χ1n) is 7.60. The van der Waals surface area contributed by atoms with Crippen LogP contribution in [-0.2, 0) is 4.79 Å². The van der Waals surface area contributed by atoms with E-state index < -0.39 is 0 Å². The normalized spacial score (nSPS) is 16.0. The van der Waals surface area contributed by atoms with Crippen molar-refractivity contribution in [2.45, 2.75) is 20.3 Å². The molecule has 0 aromatic heterocycles. The summed E-state index contributed by atoms with van der Waals surface area (Å²) in [5.74, 6) is 0.257. The Morgan fingerprint density at radius 1 is 1.29 bits per heavy atom. The molecule has 1 fully saturated rings. The van der Waals surface area contributed by atoms with Crippen molar-refractivity contribution in [2.75, 3.05) is 44.6 Å². The van der Waals surface area contributed by atoms with Gasteiger partial charge in [-0.25, -0.2) is 0 Å². The fourth-order valence-corrected chi connectivity index (χ4v) is 3.08. The van der Waals surface area contributed by atoms with E-state index in [9.17, 15) is 4.79 Å². The summed E-state index contributed by atoms with van der Waals surface area (Å²) in [4.78, 5) is 16.6. The van der Waals surface area contributed by atoms with E-state index in [1.165, 1.54) is 5.56 Å². The lowest BCUT2D eigenvalue weighted by Crippen LogP contribution is -2.48. The van der Waals surface area contributed by atoms with Crippen molar-refractivity contribution < 1.29 is 4.79 Å². The van der Waals surface area contributed by atoms with Gasteiger partial charge in [-0.15, -0.1) is 0 Å². The molecule has 0 unspecified atom stereocenters. The van der Waals surface area contributed by atoms with Gasteiger partial charge in [0.05, 0.1) is 0 Å². The van der Waals surface area contributed by atoms with Gasteiger partial charge in [-0.2, -0.15) is 0 Å². The van der Waals surface area contributed by atoms with Crippen LogP contribution in [-0.4, -0.2) is 55.0 Å². The molecule has 0 saturated carbocycles. The third-order valence-corrected chi connectivity index (χ3v) is 4.51. The van der Waals surface area contributed by atoms with Crippen molar-refractivity contribution in [3.05, 3.63) is 28.2 Å². The molecule has 0 atom stereocenters. The van der Waals surface area contributed by atoms with Crippen molar-refractivity contribution >= 4 is 27.5 Å². The minimum atomic E-state index is 0.257. The number of benzene rings is 1. The van der Waals surface area contributed by atoms with Gasteiger partial charge in [0.1, 0.15) is 0 Å². The molecule has 0 spiro atoms. The predicted octanol–water partition coefficient (Wildman–Crippen LogP) is 2.72. The molecule has 1 aromatic carbocycles. The van der Waals surface area contributed by atoms with Crippen LogP contribution < -0.4 is 5.32 Å². The number of carbonyl (C=O) groups is 1. The topological polar surface area (TPSA) is 35.6 Å². The molecule has 1 heterocycles. The molecule has 21 heavy (non-hydrogen) atoms. The standard InChI is InChI=1S/C16H24BrN3O/c1-3-19-8-10-20(11-9-19)16(21)6-7-18-15-5-4-14(17)12-13(15)2/h4-5,12,18H,3,6-11H2,1-2H3. The van der Waals surface area contributed by atoms with Crippen molar-refractivity contribution in [1.29, 1.82) is 0 Å². The Hall–Kier alpha value is -1.07. The van der Waals surface area contributed by atoms with E-state index in [-0.39, 0.29) is 5.91 Å². The quantitative estimate of drug-likeness (QED) is 0.883. The third-order valence-electron chi connectivity index (χ3n) is 4.01. The zero-order valence-electron chi connectivity index (χ0n) is 12.9. The van der Waals surface area contributed by atoms with Crippen molar-refractivity contribution in [2.24, 2.45) is 0 Å². The average Bonchev–Trinajstić information content (AvgIpc) is 2.49. The number of amides is 1. The fraction of sp³-hybridized carbons (Fsp3) is 0.562. The van der Waals surface area contributed by atoms with Crippen molar-refractivity contribution in [3.63, 3.8) is 0 Å². The van der Waals surface area contributed by atoms with Gasteiger partial charge in [0, 0.05) is 49.3 Å². The highest BCUT2D eigenvalue weighted by Crippen LogP contribution is 2.19. The molecule has 1 aromatic rings. The van der Waals surface area contributed by atoms with E-state index in [4.69, 9.17) is 0 Å². The van der Waals surface area contributed by atoms with Gasteiger partial charge in [-0.1, -0.05) is 22.9 Å². The Morgan fingerprint density at radius 3 is 2.62 bits per heavy atom. The number of nitrogens with zero attached hydrogens (tertiary/aromatic N) is 2. The summed E-state index contributed by atoms with van der Waals surface area (Å²) < 4.78 is 1.08. The monoisotopic (exact) mass is 353 g/mol. The predicted molar refractivity (Wildman–Crippen MR) is 90.7 cm³/mol. The maximum absolute atomic E-state index is 12.2. The Bertz CT molecular complexity index is 484. The maximum Gasteiger partial charge on any atom is 0.224 e. The Balaban J connectivity index is 1.74. The number of rotatable bonds is 5. The van der Waals surface area contributed by atoms with Gasteiger partial charge in [-0.05, 0) is 37.2 Å². The highest BCUT2D eigenvalue weighted by molar-refractivity contribution is 9.10. The van der Waals surface area contributed by atoms with Crippen LogP contribution in [0.3, 0.4) is 0 Å². The van der Waals surface area contributed by atoms with Gasteiger partial charge in [-0.3, -0.25) is 4.79 Å². The van der Waals surface area contributed by atoms with Crippen LogP contribution in [0.15, 0.2) is 22.7 Å². The van der Waals surface area contributed by atoms with E-state index >= 15 is 0 Å². The number of hydrogen-bond donors (Lipinski definition) is 1. The number of halogens is 1. The number of aryl methyl sites for hydroxylation is 1. The van der Waals surface area contributed by atoms with Gasteiger partial charge in [0.2, 0.25) is 5.91 Å². The maximum atomic E-state index is 12.2. The zero-order chi connectivity index (χ0) is 15.2. The van der Waals surface area contributed by atoms with Crippen LogP contribution in [0.25, 0.3) is 0 Å². The van der Waals surface area contributed by atoms with Crippen molar-refractivity contribution in [1.82, 2.24) is 9.80 Å². The Labute approximate surface area is 135 Å². The Morgan fingerprint density at radius 2 is 2.00 bits per heavy atom. The summed E-state index contributed by atoms with van der Waals surface area (Å²) in [7, 11) is 0. The minimum absolute atomic E-state index is 0.257. The molecule has 1 saturated heterocycles. The summed E-state index contributed by atoms with van der Waals surface area (Å²) in [6.07, 6.45) is 0.557. The molecule has 2 rings (SSSR count). The second-order valence-corrected chi connectivity index (χ2v) is 6.37.